The summed E-state index contributed by atoms with van der Waals surface area (Å²) in [6, 6.07) is 3.00. The Morgan fingerprint density at radius 2 is 2.06 bits per heavy atom. The van der Waals surface area contributed by atoms with Gasteiger partial charge in [-0.05, 0) is 19.1 Å². The van der Waals surface area contributed by atoms with Crippen molar-refractivity contribution in [3.8, 4) is 0 Å². The molecule has 88 valence electrons. The van der Waals surface area contributed by atoms with Crippen molar-refractivity contribution in [2.75, 3.05) is 14.2 Å². The molecule has 1 unspecified atom stereocenters. The molecule has 0 amide bonds. The predicted molar refractivity (Wildman–Crippen MR) is 56.9 cm³/mol. The summed E-state index contributed by atoms with van der Waals surface area (Å²) in [5.41, 5.74) is 0.888. The van der Waals surface area contributed by atoms with E-state index in [1.807, 2.05) is 19.1 Å². The molecule has 0 fully saturated rings. The molecule has 0 aliphatic carbocycles. The van der Waals surface area contributed by atoms with Crippen molar-refractivity contribution >= 4 is 11.9 Å². The Hall–Kier alpha value is -1.78. The Labute approximate surface area is 94.0 Å². The lowest BCUT2D eigenvalue weighted by molar-refractivity contribution is -0.151. The molecule has 0 N–H and O–H groups in total. The number of hydrogen-bond acceptors (Lipinski definition) is 4. The van der Waals surface area contributed by atoms with Crippen molar-refractivity contribution < 1.29 is 19.1 Å². The van der Waals surface area contributed by atoms with E-state index in [0.717, 1.165) is 5.69 Å². The smallest absolute Gasteiger partial charge is 0.329 e. The number of rotatable bonds is 4. The lowest BCUT2D eigenvalue weighted by Gasteiger charge is -2.17. The molecule has 0 aromatic carbocycles. The number of carbonyl (C=O) groups is 2. The quantitative estimate of drug-likeness (QED) is 0.719. The number of aromatic nitrogens is 1. The SMILES string of the molecule is COC(=O)CC(C(=O)OC)n1cccc1C. The van der Waals surface area contributed by atoms with Crippen LogP contribution in [0.25, 0.3) is 0 Å². The van der Waals surface area contributed by atoms with Gasteiger partial charge in [0.15, 0.2) is 0 Å². The van der Waals surface area contributed by atoms with Gasteiger partial charge >= 0.3 is 11.9 Å². The maximum absolute atomic E-state index is 11.6. The van der Waals surface area contributed by atoms with Gasteiger partial charge in [0.25, 0.3) is 0 Å². The monoisotopic (exact) mass is 225 g/mol. The molecule has 1 aromatic heterocycles. The van der Waals surface area contributed by atoms with Crippen molar-refractivity contribution in [3.05, 3.63) is 24.0 Å². The number of nitrogens with zero attached hydrogens (tertiary/aromatic N) is 1. The first-order valence-corrected chi connectivity index (χ1v) is 4.88. The summed E-state index contributed by atoms with van der Waals surface area (Å²) >= 11 is 0. The van der Waals surface area contributed by atoms with E-state index in [1.165, 1.54) is 14.2 Å². The van der Waals surface area contributed by atoms with Crippen LogP contribution in [0.1, 0.15) is 18.2 Å². The minimum absolute atomic E-state index is 0.0291. The second kappa shape index (κ2) is 5.34. The van der Waals surface area contributed by atoms with Gasteiger partial charge < -0.3 is 14.0 Å². The van der Waals surface area contributed by atoms with E-state index in [1.54, 1.807) is 10.8 Å². The van der Waals surface area contributed by atoms with E-state index in [9.17, 15) is 9.59 Å². The van der Waals surface area contributed by atoms with Gasteiger partial charge in [0.2, 0.25) is 0 Å². The molecule has 1 rings (SSSR count). The van der Waals surface area contributed by atoms with E-state index in [-0.39, 0.29) is 6.42 Å². The molecule has 1 heterocycles. The second-order valence-electron chi connectivity index (χ2n) is 3.38. The third-order valence-electron chi connectivity index (χ3n) is 2.39. The Morgan fingerprint density at radius 1 is 1.38 bits per heavy atom. The molecule has 1 aromatic rings. The largest absolute Gasteiger partial charge is 0.469 e. The number of ether oxygens (including phenoxy) is 2. The highest BCUT2D eigenvalue weighted by Gasteiger charge is 2.25. The van der Waals surface area contributed by atoms with Gasteiger partial charge in [-0.3, -0.25) is 4.79 Å². The Morgan fingerprint density at radius 3 is 2.50 bits per heavy atom. The van der Waals surface area contributed by atoms with Crippen molar-refractivity contribution in [1.82, 2.24) is 4.57 Å². The van der Waals surface area contributed by atoms with Crippen molar-refractivity contribution in [3.63, 3.8) is 0 Å². The molecular formula is C11H15NO4. The molecule has 0 bridgehead atoms. The molecule has 0 spiro atoms. The van der Waals surface area contributed by atoms with Crippen LogP contribution in [0.2, 0.25) is 0 Å². The summed E-state index contributed by atoms with van der Waals surface area (Å²) < 4.78 is 10.9. The van der Waals surface area contributed by atoms with Gasteiger partial charge in [-0.2, -0.15) is 0 Å². The Balaban J connectivity index is 2.92. The van der Waals surface area contributed by atoms with Crippen molar-refractivity contribution in [1.29, 1.82) is 0 Å². The van der Waals surface area contributed by atoms with Crippen LogP contribution < -0.4 is 0 Å². The molecule has 0 aliphatic rings. The van der Waals surface area contributed by atoms with Gasteiger partial charge in [0.05, 0.1) is 20.6 Å². The maximum atomic E-state index is 11.6. The minimum Gasteiger partial charge on any atom is -0.469 e. The molecule has 5 heteroatoms. The van der Waals surface area contributed by atoms with Gasteiger partial charge in [-0.15, -0.1) is 0 Å². The standard InChI is InChI=1S/C11H15NO4/c1-8-5-4-6-12(8)9(11(14)16-3)7-10(13)15-2/h4-6,9H,7H2,1-3H3. The van der Waals surface area contributed by atoms with Crippen molar-refractivity contribution in [2.45, 2.75) is 19.4 Å². The fourth-order valence-corrected chi connectivity index (χ4v) is 1.50. The van der Waals surface area contributed by atoms with Crippen LogP contribution in [-0.2, 0) is 19.1 Å². The second-order valence-corrected chi connectivity index (χ2v) is 3.38. The molecule has 0 saturated heterocycles. The lowest BCUT2D eigenvalue weighted by Crippen LogP contribution is -2.24. The summed E-state index contributed by atoms with van der Waals surface area (Å²) in [5, 5.41) is 0. The van der Waals surface area contributed by atoms with E-state index in [2.05, 4.69) is 9.47 Å². The first-order chi connectivity index (χ1) is 7.60. The number of carbonyl (C=O) groups excluding carboxylic acids is 2. The van der Waals surface area contributed by atoms with E-state index < -0.39 is 18.0 Å². The number of esters is 2. The maximum Gasteiger partial charge on any atom is 0.329 e. The highest BCUT2D eigenvalue weighted by atomic mass is 16.5. The van der Waals surface area contributed by atoms with Gasteiger partial charge in [0.1, 0.15) is 6.04 Å². The summed E-state index contributed by atoms with van der Waals surface area (Å²) in [5.74, 6) is -0.895. The molecule has 5 nitrogen and oxygen atoms in total. The third-order valence-corrected chi connectivity index (χ3v) is 2.39. The summed E-state index contributed by atoms with van der Waals surface area (Å²) in [6.07, 6.45) is 1.71. The minimum atomic E-state index is -0.660. The molecule has 0 radical (unpaired) electrons. The van der Waals surface area contributed by atoms with Crippen LogP contribution in [0.15, 0.2) is 18.3 Å². The number of methoxy groups -OCH3 is 2. The van der Waals surface area contributed by atoms with Crippen LogP contribution in [0.5, 0.6) is 0 Å². The van der Waals surface area contributed by atoms with Gasteiger partial charge in [-0.25, -0.2) is 4.79 Å². The van der Waals surface area contributed by atoms with E-state index in [4.69, 9.17) is 0 Å². The van der Waals surface area contributed by atoms with Crippen LogP contribution in [0.3, 0.4) is 0 Å². The van der Waals surface area contributed by atoms with Crippen LogP contribution >= 0.6 is 0 Å². The Bertz CT molecular complexity index is 383. The molecular weight excluding hydrogens is 210 g/mol. The lowest BCUT2D eigenvalue weighted by atomic mass is 10.2. The Kier molecular flexibility index (Phi) is 4.10. The van der Waals surface area contributed by atoms with Crippen LogP contribution in [0.4, 0.5) is 0 Å². The van der Waals surface area contributed by atoms with Crippen molar-refractivity contribution in [2.24, 2.45) is 0 Å². The molecule has 0 aliphatic heterocycles. The van der Waals surface area contributed by atoms with E-state index in [0.29, 0.717) is 0 Å². The summed E-state index contributed by atoms with van der Waals surface area (Å²) in [7, 11) is 2.59. The van der Waals surface area contributed by atoms with Gasteiger partial charge in [0, 0.05) is 11.9 Å². The van der Waals surface area contributed by atoms with E-state index >= 15 is 0 Å². The highest BCUT2D eigenvalue weighted by molar-refractivity contribution is 5.81. The van der Waals surface area contributed by atoms with Crippen LogP contribution in [-0.4, -0.2) is 30.7 Å². The normalized spacial score (nSPS) is 11.9. The number of aryl methyl sites for hydroxylation is 1. The molecule has 1 atom stereocenters. The number of hydrogen-bond donors (Lipinski definition) is 0. The highest BCUT2D eigenvalue weighted by Crippen LogP contribution is 2.17. The topological polar surface area (TPSA) is 57.5 Å². The zero-order chi connectivity index (χ0) is 12.1. The van der Waals surface area contributed by atoms with Gasteiger partial charge in [-0.1, -0.05) is 0 Å². The third kappa shape index (κ3) is 2.62. The first kappa shape index (κ1) is 12.3. The zero-order valence-corrected chi connectivity index (χ0v) is 9.60. The predicted octanol–water partition coefficient (Wildman–Crippen LogP) is 1.07. The van der Waals surface area contributed by atoms with Crippen LogP contribution in [0, 0.1) is 6.92 Å². The first-order valence-electron chi connectivity index (χ1n) is 4.88. The fourth-order valence-electron chi connectivity index (χ4n) is 1.50. The molecule has 16 heavy (non-hydrogen) atoms. The average Bonchev–Trinajstić information content (AvgIpc) is 2.70. The zero-order valence-electron chi connectivity index (χ0n) is 9.60. The average molecular weight is 225 g/mol. The molecule has 0 saturated carbocycles. The fraction of sp³-hybridized carbons (Fsp3) is 0.455. The summed E-state index contributed by atoms with van der Waals surface area (Å²) in [6.45, 7) is 1.85. The summed E-state index contributed by atoms with van der Waals surface area (Å²) in [4.78, 5) is 22.8.